The van der Waals surface area contributed by atoms with Gasteiger partial charge in [0.1, 0.15) is 0 Å². The Kier molecular flexibility index (Phi) is 2.51. The maximum Gasteiger partial charge on any atom is 0.0456 e. The Morgan fingerprint density at radius 1 is 1.35 bits per heavy atom. The van der Waals surface area contributed by atoms with Gasteiger partial charge in [-0.05, 0) is 38.4 Å². The highest BCUT2D eigenvalue weighted by atomic mass is 15.1. The number of aromatic nitrogens is 1. The summed E-state index contributed by atoms with van der Waals surface area (Å²) < 4.78 is 33.6. The van der Waals surface area contributed by atoms with Gasteiger partial charge in [0.25, 0.3) is 0 Å². The second kappa shape index (κ2) is 5.37. The molecule has 0 aliphatic carbocycles. The van der Waals surface area contributed by atoms with E-state index in [2.05, 4.69) is 4.98 Å². The molecule has 0 atom stereocenters. The van der Waals surface area contributed by atoms with Crippen LogP contribution in [0.15, 0.2) is 30.5 Å². The predicted molar refractivity (Wildman–Crippen MR) is 74.4 cm³/mol. The zero-order valence-electron chi connectivity index (χ0n) is 14.6. The summed E-state index contributed by atoms with van der Waals surface area (Å²) >= 11 is 0. The molecule has 1 aromatic heterocycles. The van der Waals surface area contributed by atoms with Gasteiger partial charge in [0.2, 0.25) is 0 Å². The summed E-state index contributed by atoms with van der Waals surface area (Å²) in [7, 11) is 0. The van der Waals surface area contributed by atoms with Crippen LogP contribution in [0.3, 0.4) is 0 Å². The molecule has 0 aliphatic heterocycles. The van der Waals surface area contributed by atoms with Crippen molar-refractivity contribution in [3.8, 4) is 0 Å². The molecule has 0 spiro atoms. The summed E-state index contributed by atoms with van der Waals surface area (Å²) in [6.45, 7) is 3.97. The number of nitrogens with one attached hydrogen (secondary N) is 1. The highest BCUT2D eigenvalue weighted by molar-refractivity contribution is 5.83. The van der Waals surface area contributed by atoms with E-state index < -0.39 is 12.9 Å². The van der Waals surface area contributed by atoms with Crippen LogP contribution in [0.1, 0.15) is 31.8 Å². The fraction of sp³-hybridized carbons (Fsp3) is 0.467. The van der Waals surface area contributed by atoms with E-state index in [0.717, 1.165) is 10.9 Å². The second-order valence-electron chi connectivity index (χ2n) is 4.36. The molecule has 1 N–H and O–H groups in total. The van der Waals surface area contributed by atoms with Crippen LogP contribution in [0.2, 0.25) is 0 Å². The molecule has 0 radical (unpaired) electrons. The van der Waals surface area contributed by atoms with Gasteiger partial charge in [0, 0.05) is 35.1 Å². The Hall–Kier alpha value is -1.28. The van der Waals surface area contributed by atoms with Crippen LogP contribution in [0, 0.1) is 0 Å². The largest absolute Gasteiger partial charge is 0.361 e. The van der Waals surface area contributed by atoms with Crippen molar-refractivity contribution >= 4 is 10.9 Å². The number of aryl methyl sites for hydroxylation is 1. The monoisotopic (exact) mass is 234 g/mol. The number of hydrogen-bond acceptors (Lipinski definition) is 1. The molecule has 92 valence electrons. The lowest BCUT2D eigenvalue weighted by Crippen LogP contribution is -2.32. The van der Waals surface area contributed by atoms with Gasteiger partial charge in [-0.3, -0.25) is 0 Å². The molecule has 0 amide bonds. The first-order chi connectivity index (χ1) is 9.73. The molecule has 0 unspecified atom stereocenters. The van der Waals surface area contributed by atoms with E-state index in [1.54, 1.807) is 11.1 Å². The highest BCUT2D eigenvalue weighted by Crippen LogP contribution is 2.18. The normalized spacial score (nSPS) is 17.0. The lowest BCUT2D eigenvalue weighted by molar-refractivity contribution is 0.237. The number of nitrogens with zero attached hydrogens (tertiary/aromatic N) is 1. The second-order valence-corrected chi connectivity index (χ2v) is 4.36. The third-order valence-corrected chi connectivity index (χ3v) is 2.89. The number of rotatable bonds is 5. The molecular formula is C15H22N2. The predicted octanol–water partition coefficient (Wildman–Crippen LogP) is 3.44. The fourth-order valence-corrected chi connectivity index (χ4v) is 1.88. The smallest absolute Gasteiger partial charge is 0.0456 e. The number of H-pyrrole nitrogens is 1. The van der Waals surface area contributed by atoms with Crippen molar-refractivity contribution in [2.24, 2.45) is 0 Å². The maximum absolute atomic E-state index is 8.43. The van der Waals surface area contributed by atoms with E-state index >= 15 is 0 Å². The van der Waals surface area contributed by atoms with Gasteiger partial charge in [0.05, 0.1) is 0 Å². The van der Waals surface area contributed by atoms with Crippen molar-refractivity contribution in [1.29, 1.82) is 0 Å². The van der Waals surface area contributed by atoms with Crippen LogP contribution < -0.4 is 0 Å². The molecule has 0 aliphatic rings. The first-order valence-corrected chi connectivity index (χ1v) is 6.06. The Morgan fingerprint density at radius 3 is 2.82 bits per heavy atom. The standard InChI is InChI=1S/C15H22N2/c1-4-17(12(2)3)10-9-13-11-16-15-8-6-5-7-14(13)15/h5-8,11-12,16H,4,9-10H2,1-3H3/i9D2,10D2. The van der Waals surface area contributed by atoms with E-state index in [4.69, 9.17) is 5.48 Å². The van der Waals surface area contributed by atoms with Crippen molar-refractivity contribution in [3.05, 3.63) is 36.0 Å². The van der Waals surface area contributed by atoms with Gasteiger partial charge in [-0.2, -0.15) is 0 Å². The van der Waals surface area contributed by atoms with Crippen LogP contribution >= 0.6 is 0 Å². The molecule has 0 fully saturated rings. The van der Waals surface area contributed by atoms with Gasteiger partial charge in [0.15, 0.2) is 0 Å². The summed E-state index contributed by atoms with van der Waals surface area (Å²) in [5, 5.41) is 0.728. The van der Waals surface area contributed by atoms with Crippen LogP contribution in [-0.2, 0) is 6.37 Å². The highest BCUT2D eigenvalue weighted by Gasteiger charge is 2.08. The van der Waals surface area contributed by atoms with E-state index in [9.17, 15) is 0 Å². The average Bonchev–Trinajstić information content (AvgIpc) is 2.82. The lowest BCUT2D eigenvalue weighted by atomic mass is 10.1. The van der Waals surface area contributed by atoms with E-state index in [-0.39, 0.29) is 6.04 Å². The Labute approximate surface area is 109 Å². The lowest BCUT2D eigenvalue weighted by Gasteiger charge is -2.24. The molecule has 0 saturated heterocycles. The van der Waals surface area contributed by atoms with Crippen LogP contribution in [0.4, 0.5) is 0 Å². The molecular weight excluding hydrogens is 208 g/mol. The summed E-state index contributed by atoms with van der Waals surface area (Å²) in [6, 6.07) is 7.32. The van der Waals surface area contributed by atoms with Gasteiger partial charge in [-0.15, -0.1) is 0 Å². The van der Waals surface area contributed by atoms with E-state index in [1.165, 1.54) is 0 Å². The summed E-state index contributed by atoms with van der Waals surface area (Å²) in [6.07, 6.45) is -0.538. The van der Waals surface area contributed by atoms with Gasteiger partial charge in [-0.25, -0.2) is 0 Å². The molecule has 0 saturated carbocycles. The number of hydrogen-bond donors (Lipinski definition) is 1. The van der Waals surface area contributed by atoms with Gasteiger partial charge in [-0.1, -0.05) is 25.1 Å². The minimum absolute atomic E-state index is 0.0784. The first kappa shape index (κ1) is 7.93. The fourth-order valence-electron chi connectivity index (χ4n) is 1.88. The Morgan fingerprint density at radius 2 is 2.12 bits per heavy atom. The summed E-state index contributed by atoms with van der Waals surface area (Å²) in [5.74, 6) is 0. The third-order valence-electron chi connectivity index (χ3n) is 2.89. The quantitative estimate of drug-likeness (QED) is 0.839. The number of likely N-dealkylation sites (N-methyl/N-ethyl adjacent to an activating group) is 1. The minimum Gasteiger partial charge on any atom is -0.361 e. The topological polar surface area (TPSA) is 19.0 Å². The van der Waals surface area contributed by atoms with Crippen LogP contribution in [-0.4, -0.2) is 29.0 Å². The number of benzene rings is 1. The van der Waals surface area contributed by atoms with Crippen molar-refractivity contribution in [3.63, 3.8) is 0 Å². The van der Waals surface area contributed by atoms with Gasteiger partial charge < -0.3 is 9.88 Å². The van der Waals surface area contributed by atoms with Crippen molar-refractivity contribution in [1.82, 2.24) is 9.88 Å². The van der Waals surface area contributed by atoms with Crippen LogP contribution in [0.25, 0.3) is 10.9 Å². The summed E-state index contributed by atoms with van der Waals surface area (Å²) in [4.78, 5) is 4.58. The van der Waals surface area contributed by atoms with Crippen molar-refractivity contribution in [2.45, 2.75) is 33.2 Å². The third kappa shape index (κ3) is 2.70. The van der Waals surface area contributed by atoms with E-state index in [0.29, 0.717) is 12.1 Å². The number of para-hydroxylation sites is 1. The molecule has 0 bridgehead atoms. The van der Waals surface area contributed by atoms with Crippen molar-refractivity contribution < 1.29 is 5.48 Å². The molecule has 2 rings (SSSR count). The number of aromatic amines is 1. The Bertz CT molecular complexity index is 619. The number of fused-ring (bicyclic) bond motifs is 1. The average molecular weight is 234 g/mol. The molecule has 1 aromatic carbocycles. The molecule has 17 heavy (non-hydrogen) atoms. The molecule has 2 heteroatoms. The van der Waals surface area contributed by atoms with E-state index in [1.807, 2.05) is 45.0 Å². The molecule has 2 nitrogen and oxygen atoms in total. The first-order valence-electron chi connectivity index (χ1n) is 8.06. The Balaban J connectivity index is 2.54. The van der Waals surface area contributed by atoms with Gasteiger partial charge >= 0.3 is 0 Å². The molecule has 1 heterocycles. The minimum atomic E-state index is -2.12. The van der Waals surface area contributed by atoms with Crippen LogP contribution in [0.5, 0.6) is 0 Å². The molecule has 2 aromatic rings. The zero-order valence-corrected chi connectivity index (χ0v) is 10.6. The van der Waals surface area contributed by atoms with Crippen molar-refractivity contribution in [2.75, 3.05) is 13.0 Å². The zero-order chi connectivity index (χ0) is 15.8. The SMILES string of the molecule is [2H]C([2H])(c1c[nH]c2ccccc12)C([2H])([2H])N(CC)C(C)C. The summed E-state index contributed by atoms with van der Waals surface area (Å²) in [5.41, 5.74) is 1.18. The maximum atomic E-state index is 8.43.